The zero-order valence-corrected chi connectivity index (χ0v) is 12.1. The SMILES string of the molecule is [Cu+2].[N-]=C=S.[N-]=C=S.c1ccc(-c2ccccn2)nc1. The van der Waals surface area contributed by atoms with Crippen molar-refractivity contribution in [2.75, 3.05) is 0 Å². The monoisotopic (exact) mass is 335 g/mol. The molecule has 0 aromatic carbocycles. The van der Waals surface area contributed by atoms with Crippen LogP contribution in [0, 0.1) is 0 Å². The van der Waals surface area contributed by atoms with E-state index in [9.17, 15) is 0 Å². The van der Waals surface area contributed by atoms with Gasteiger partial charge in [0, 0.05) is 12.4 Å². The standard InChI is InChI=1S/C10H8N2.2CNS.Cu/c1-3-7-11-9(5-1)10-6-2-4-8-12-10;2*2-1-3;/h1-8H;;;/q;2*-1;+2. The van der Waals surface area contributed by atoms with E-state index in [0.29, 0.717) is 0 Å². The Bertz CT molecular complexity index is 458. The van der Waals surface area contributed by atoms with Crippen LogP contribution in [0.2, 0.25) is 0 Å². The van der Waals surface area contributed by atoms with E-state index in [4.69, 9.17) is 10.8 Å². The van der Waals surface area contributed by atoms with Crippen molar-refractivity contribution in [3.05, 3.63) is 59.6 Å². The third kappa shape index (κ3) is 10.1. The second-order valence-corrected chi connectivity index (χ2v) is 2.98. The van der Waals surface area contributed by atoms with E-state index in [0.717, 1.165) is 11.4 Å². The molecule has 0 atom stereocenters. The Morgan fingerprint density at radius 3 is 1.32 bits per heavy atom. The van der Waals surface area contributed by atoms with Crippen LogP contribution >= 0.6 is 24.4 Å². The number of aromatic nitrogens is 2. The molecule has 2 heterocycles. The van der Waals surface area contributed by atoms with Crippen molar-refractivity contribution in [2.24, 2.45) is 0 Å². The molecule has 19 heavy (non-hydrogen) atoms. The summed E-state index contributed by atoms with van der Waals surface area (Å²) < 4.78 is 0. The molecule has 99 valence electrons. The van der Waals surface area contributed by atoms with Crippen LogP contribution in [0.5, 0.6) is 0 Å². The zero-order valence-electron chi connectivity index (χ0n) is 9.53. The van der Waals surface area contributed by atoms with Crippen molar-refractivity contribution in [1.29, 1.82) is 0 Å². The van der Waals surface area contributed by atoms with E-state index in [1.807, 2.05) is 36.4 Å². The first kappa shape index (κ1) is 19.8. The van der Waals surface area contributed by atoms with Crippen molar-refractivity contribution in [3.8, 4) is 11.4 Å². The molecule has 0 saturated carbocycles. The fourth-order valence-electron chi connectivity index (χ4n) is 1.03. The van der Waals surface area contributed by atoms with Gasteiger partial charge in [-0.05, 0) is 24.3 Å². The summed E-state index contributed by atoms with van der Waals surface area (Å²) in [6.07, 6.45) is 3.54. The Balaban J connectivity index is 0. The first-order valence-electron chi connectivity index (χ1n) is 4.65. The van der Waals surface area contributed by atoms with Gasteiger partial charge in [0.15, 0.2) is 0 Å². The zero-order chi connectivity index (χ0) is 13.6. The molecule has 0 aliphatic heterocycles. The van der Waals surface area contributed by atoms with Gasteiger partial charge in [0.05, 0.1) is 11.4 Å². The maximum Gasteiger partial charge on any atom is 2.00 e. The van der Waals surface area contributed by atoms with Gasteiger partial charge in [-0.25, -0.2) is 0 Å². The fraction of sp³-hybridized carbons (Fsp3) is 0. The molecule has 7 heteroatoms. The average molecular weight is 336 g/mol. The van der Waals surface area contributed by atoms with Crippen LogP contribution in [0.3, 0.4) is 0 Å². The van der Waals surface area contributed by atoms with Crippen molar-refractivity contribution in [1.82, 2.24) is 9.97 Å². The van der Waals surface area contributed by atoms with Crippen molar-refractivity contribution >= 4 is 34.8 Å². The average Bonchev–Trinajstić information content (AvgIpc) is 2.43. The summed E-state index contributed by atoms with van der Waals surface area (Å²) >= 11 is 7.40. The molecule has 0 spiro atoms. The predicted octanol–water partition coefficient (Wildman–Crippen LogP) is 3.46. The van der Waals surface area contributed by atoms with Gasteiger partial charge in [0.2, 0.25) is 0 Å². The quantitative estimate of drug-likeness (QED) is 0.454. The van der Waals surface area contributed by atoms with Gasteiger partial charge in [-0.1, -0.05) is 36.6 Å². The van der Waals surface area contributed by atoms with Crippen LogP contribution < -0.4 is 0 Å². The van der Waals surface area contributed by atoms with Gasteiger partial charge in [0.1, 0.15) is 0 Å². The Morgan fingerprint density at radius 1 is 0.789 bits per heavy atom. The number of hydrogen-bond acceptors (Lipinski definition) is 4. The number of rotatable bonds is 1. The van der Waals surface area contributed by atoms with E-state index < -0.39 is 0 Å². The molecule has 2 rings (SSSR count). The molecular weight excluding hydrogens is 328 g/mol. The fourth-order valence-corrected chi connectivity index (χ4v) is 1.03. The van der Waals surface area contributed by atoms with Gasteiger partial charge in [0.25, 0.3) is 0 Å². The van der Waals surface area contributed by atoms with Crippen molar-refractivity contribution < 1.29 is 17.1 Å². The topological polar surface area (TPSA) is 70.4 Å². The van der Waals surface area contributed by atoms with E-state index in [2.05, 4.69) is 34.4 Å². The molecular formula is C12H8CuN4S2. The first-order valence-corrected chi connectivity index (χ1v) is 5.46. The molecule has 0 fully saturated rings. The maximum absolute atomic E-state index is 7.13. The van der Waals surface area contributed by atoms with Crippen LogP contribution in [0.15, 0.2) is 48.8 Å². The molecule has 2 aromatic rings. The minimum atomic E-state index is 0. The summed E-state index contributed by atoms with van der Waals surface area (Å²) in [7, 11) is 0. The number of nitrogens with zero attached hydrogens (tertiary/aromatic N) is 4. The van der Waals surface area contributed by atoms with Crippen LogP contribution in [0.25, 0.3) is 22.2 Å². The molecule has 0 unspecified atom stereocenters. The van der Waals surface area contributed by atoms with Gasteiger partial charge >= 0.3 is 17.1 Å². The van der Waals surface area contributed by atoms with Gasteiger partial charge in [-0.2, -0.15) is 10.3 Å². The third-order valence-corrected chi connectivity index (χ3v) is 1.59. The minimum absolute atomic E-state index is 0. The van der Waals surface area contributed by atoms with E-state index in [1.54, 1.807) is 12.4 Å². The number of thiocarbonyl (C=S) groups is 2. The molecule has 0 aliphatic carbocycles. The van der Waals surface area contributed by atoms with Crippen molar-refractivity contribution in [2.45, 2.75) is 0 Å². The predicted molar refractivity (Wildman–Crippen MR) is 79.4 cm³/mol. The summed E-state index contributed by atoms with van der Waals surface area (Å²) in [5, 5.41) is 16.9. The summed E-state index contributed by atoms with van der Waals surface area (Å²) in [4.78, 5) is 8.37. The molecule has 2 aromatic heterocycles. The summed E-state index contributed by atoms with van der Waals surface area (Å²) in [5.74, 6) is 0. The molecule has 1 radical (unpaired) electrons. The Kier molecular flexibility index (Phi) is 15.1. The van der Waals surface area contributed by atoms with Crippen LogP contribution in [-0.4, -0.2) is 20.3 Å². The molecule has 0 saturated heterocycles. The number of hydrogen-bond donors (Lipinski definition) is 0. The normalized spacial score (nSPS) is 6.95. The Labute approximate surface area is 132 Å². The molecule has 0 bridgehead atoms. The second kappa shape index (κ2) is 14.5. The second-order valence-electron chi connectivity index (χ2n) is 2.61. The smallest absolute Gasteiger partial charge is 0.753 e. The van der Waals surface area contributed by atoms with E-state index >= 15 is 0 Å². The van der Waals surface area contributed by atoms with Gasteiger partial charge < -0.3 is 10.8 Å². The molecule has 0 amide bonds. The summed E-state index contributed by atoms with van der Waals surface area (Å²) in [6, 6.07) is 11.6. The molecule has 0 aliphatic rings. The largest absolute Gasteiger partial charge is 2.00 e. The maximum atomic E-state index is 7.13. The summed E-state index contributed by atoms with van der Waals surface area (Å²) in [5.41, 5.74) is 1.83. The van der Waals surface area contributed by atoms with Crippen LogP contribution in [-0.2, 0) is 17.1 Å². The third-order valence-electron chi connectivity index (χ3n) is 1.59. The Hall–Kier alpha value is -1.58. The minimum Gasteiger partial charge on any atom is -0.753 e. The van der Waals surface area contributed by atoms with Crippen LogP contribution in [0.1, 0.15) is 0 Å². The van der Waals surface area contributed by atoms with Gasteiger partial charge in [-0.3, -0.25) is 9.97 Å². The van der Waals surface area contributed by atoms with E-state index in [-0.39, 0.29) is 17.1 Å². The van der Waals surface area contributed by atoms with Crippen LogP contribution in [0.4, 0.5) is 0 Å². The number of pyridine rings is 2. The number of isothiocyanates is 2. The Morgan fingerprint density at radius 2 is 1.11 bits per heavy atom. The first-order chi connectivity index (χ1) is 8.79. The van der Waals surface area contributed by atoms with Gasteiger partial charge in [-0.15, -0.1) is 0 Å². The molecule has 0 N–H and O–H groups in total. The van der Waals surface area contributed by atoms with E-state index in [1.165, 1.54) is 10.3 Å². The summed E-state index contributed by atoms with van der Waals surface area (Å²) in [6.45, 7) is 0. The molecule has 4 nitrogen and oxygen atoms in total. The van der Waals surface area contributed by atoms with Crippen molar-refractivity contribution in [3.63, 3.8) is 0 Å².